The molecule has 43 heavy (non-hydrogen) atoms. The average Bonchev–Trinajstić information content (AvgIpc) is 2.99. The lowest BCUT2D eigenvalue weighted by atomic mass is 10.1. The molecule has 0 radical (unpaired) electrons. The number of nitrogen functional groups attached to an aromatic ring is 2. The Labute approximate surface area is 252 Å². The topological polar surface area (TPSA) is 140 Å². The van der Waals surface area contributed by atoms with Crippen LogP contribution in [0.3, 0.4) is 0 Å². The fourth-order valence-corrected chi connectivity index (χ4v) is 4.04. The van der Waals surface area contributed by atoms with E-state index in [9.17, 15) is 14.4 Å². The summed E-state index contributed by atoms with van der Waals surface area (Å²) in [5, 5.41) is 0. The summed E-state index contributed by atoms with van der Waals surface area (Å²) in [5.41, 5.74) is 13.5. The Kier molecular flexibility index (Phi) is 13.6. The summed E-state index contributed by atoms with van der Waals surface area (Å²) in [6, 6.07) is 18.5. The number of anilines is 2. The van der Waals surface area contributed by atoms with Crippen molar-refractivity contribution in [1.29, 1.82) is 0 Å². The zero-order valence-corrected chi connectivity index (χ0v) is 24.6. The van der Waals surface area contributed by atoms with Gasteiger partial charge in [-0.2, -0.15) is 0 Å². The summed E-state index contributed by atoms with van der Waals surface area (Å²) in [6.45, 7) is 2.97. The van der Waals surface area contributed by atoms with Crippen molar-refractivity contribution in [2.75, 3.05) is 24.7 Å². The van der Waals surface area contributed by atoms with E-state index < -0.39 is 11.9 Å². The summed E-state index contributed by atoms with van der Waals surface area (Å²) in [5.74, 6) is 0.311. The van der Waals surface area contributed by atoms with Crippen LogP contribution in [0.4, 0.5) is 11.4 Å². The molecule has 228 valence electrons. The van der Waals surface area contributed by atoms with Gasteiger partial charge in [0, 0.05) is 23.9 Å². The SMILES string of the molecule is CCCCC(=O)Oc1ccc(OC(=O)/C=C/c2ccc(OCCCCCCCOC(=O)c3cc(N)cc(N)c3)cc2)cc1. The Morgan fingerprint density at radius 1 is 0.698 bits per heavy atom. The van der Waals surface area contributed by atoms with E-state index in [0.29, 0.717) is 48.1 Å². The molecule has 9 nitrogen and oxygen atoms in total. The Hall–Kier alpha value is -4.79. The summed E-state index contributed by atoms with van der Waals surface area (Å²) < 4.78 is 21.7. The van der Waals surface area contributed by atoms with Crippen LogP contribution in [0.25, 0.3) is 6.08 Å². The van der Waals surface area contributed by atoms with Crippen molar-refractivity contribution in [3.05, 3.63) is 83.9 Å². The number of benzene rings is 3. The highest BCUT2D eigenvalue weighted by Crippen LogP contribution is 2.19. The lowest BCUT2D eigenvalue weighted by molar-refractivity contribution is -0.134. The maximum atomic E-state index is 12.2. The van der Waals surface area contributed by atoms with E-state index in [-0.39, 0.29) is 5.97 Å². The van der Waals surface area contributed by atoms with Crippen molar-refractivity contribution < 1.29 is 33.3 Å². The lowest BCUT2D eigenvalue weighted by Crippen LogP contribution is -2.08. The van der Waals surface area contributed by atoms with Crippen LogP contribution in [-0.2, 0) is 14.3 Å². The first-order valence-electron chi connectivity index (χ1n) is 14.6. The van der Waals surface area contributed by atoms with Crippen LogP contribution in [0.15, 0.2) is 72.8 Å². The largest absolute Gasteiger partial charge is 0.494 e. The maximum absolute atomic E-state index is 12.2. The van der Waals surface area contributed by atoms with Crippen molar-refractivity contribution in [2.24, 2.45) is 0 Å². The fraction of sp³-hybridized carbons (Fsp3) is 0.324. The minimum Gasteiger partial charge on any atom is -0.494 e. The van der Waals surface area contributed by atoms with Gasteiger partial charge in [0.25, 0.3) is 0 Å². The van der Waals surface area contributed by atoms with Crippen molar-refractivity contribution in [3.63, 3.8) is 0 Å². The summed E-state index contributed by atoms with van der Waals surface area (Å²) in [4.78, 5) is 36.0. The second-order valence-corrected chi connectivity index (χ2v) is 10.0. The monoisotopic (exact) mass is 588 g/mol. The molecule has 0 aliphatic carbocycles. The van der Waals surface area contributed by atoms with Gasteiger partial charge in [-0.1, -0.05) is 44.7 Å². The van der Waals surface area contributed by atoms with Crippen molar-refractivity contribution in [1.82, 2.24) is 0 Å². The molecule has 0 saturated carbocycles. The molecule has 0 aromatic heterocycles. The molecular formula is C34H40N2O7. The molecule has 0 aliphatic rings. The van der Waals surface area contributed by atoms with Crippen LogP contribution in [0.1, 0.15) is 74.2 Å². The third-order valence-electron chi connectivity index (χ3n) is 6.30. The molecule has 0 atom stereocenters. The van der Waals surface area contributed by atoms with E-state index >= 15 is 0 Å². The van der Waals surface area contributed by atoms with Gasteiger partial charge < -0.3 is 30.4 Å². The highest BCUT2D eigenvalue weighted by atomic mass is 16.5. The zero-order chi connectivity index (χ0) is 30.9. The third kappa shape index (κ3) is 12.7. The quantitative estimate of drug-likeness (QED) is 0.0576. The van der Waals surface area contributed by atoms with Crippen LogP contribution in [0.5, 0.6) is 17.2 Å². The molecule has 3 aromatic rings. The van der Waals surface area contributed by atoms with Gasteiger partial charge in [0.1, 0.15) is 17.2 Å². The van der Waals surface area contributed by atoms with E-state index in [2.05, 4.69) is 0 Å². The first-order valence-corrected chi connectivity index (χ1v) is 14.6. The minimum atomic E-state index is -0.516. The molecule has 3 aromatic carbocycles. The Balaban J connectivity index is 1.25. The molecule has 0 saturated heterocycles. The van der Waals surface area contributed by atoms with Crippen molar-refractivity contribution >= 4 is 35.4 Å². The first-order chi connectivity index (χ1) is 20.8. The van der Waals surface area contributed by atoms with E-state index in [1.165, 1.54) is 6.08 Å². The van der Waals surface area contributed by atoms with Gasteiger partial charge in [-0.25, -0.2) is 9.59 Å². The Morgan fingerprint density at radius 3 is 1.93 bits per heavy atom. The Morgan fingerprint density at radius 2 is 1.28 bits per heavy atom. The fourth-order valence-electron chi connectivity index (χ4n) is 4.04. The van der Waals surface area contributed by atoms with Gasteiger partial charge in [-0.3, -0.25) is 4.79 Å². The van der Waals surface area contributed by atoms with E-state index in [4.69, 9.17) is 30.4 Å². The maximum Gasteiger partial charge on any atom is 0.338 e. The number of unbranched alkanes of at least 4 members (excludes halogenated alkanes) is 5. The molecule has 0 heterocycles. The van der Waals surface area contributed by atoms with Crippen LogP contribution < -0.4 is 25.7 Å². The number of carbonyl (C=O) groups is 3. The summed E-state index contributed by atoms with van der Waals surface area (Å²) in [6.07, 6.45) is 9.78. The molecule has 0 amide bonds. The van der Waals surface area contributed by atoms with Crippen LogP contribution in [0.2, 0.25) is 0 Å². The Bertz CT molecular complexity index is 1330. The van der Waals surface area contributed by atoms with Crippen LogP contribution >= 0.6 is 0 Å². The third-order valence-corrected chi connectivity index (χ3v) is 6.30. The first kappa shape index (κ1) is 32.7. The molecule has 3 rings (SSSR count). The number of rotatable bonds is 17. The predicted molar refractivity (Wildman–Crippen MR) is 167 cm³/mol. The number of hydrogen-bond donors (Lipinski definition) is 2. The number of ether oxygens (including phenoxy) is 4. The second-order valence-electron chi connectivity index (χ2n) is 10.0. The van der Waals surface area contributed by atoms with E-state index in [1.54, 1.807) is 48.5 Å². The number of carbonyl (C=O) groups excluding carboxylic acids is 3. The molecule has 4 N–H and O–H groups in total. The summed E-state index contributed by atoms with van der Waals surface area (Å²) >= 11 is 0. The number of hydrogen-bond acceptors (Lipinski definition) is 9. The van der Waals surface area contributed by atoms with Gasteiger partial charge >= 0.3 is 17.9 Å². The second kappa shape index (κ2) is 17.9. The average molecular weight is 589 g/mol. The lowest BCUT2D eigenvalue weighted by Gasteiger charge is -2.08. The molecule has 0 spiro atoms. The van der Waals surface area contributed by atoms with Gasteiger partial charge in [0.15, 0.2) is 0 Å². The number of nitrogens with two attached hydrogens (primary N) is 2. The van der Waals surface area contributed by atoms with Gasteiger partial charge in [-0.15, -0.1) is 0 Å². The van der Waals surface area contributed by atoms with Gasteiger partial charge in [0.2, 0.25) is 0 Å². The molecule has 0 bridgehead atoms. The molecular weight excluding hydrogens is 548 g/mol. The molecule has 0 aliphatic heterocycles. The van der Waals surface area contributed by atoms with E-state index in [0.717, 1.165) is 56.3 Å². The zero-order valence-electron chi connectivity index (χ0n) is 24.6. The van der Waals surface area contributed by atoms with Crippen LogP contribution in [0, 0.1) is 0 Å². The standard InChI is InChI=1S/C34H40N2O7/c1-2-3-9-32(37)42-30-15-17-31(18-16-30)43-33(38)19-12-25-10-13-29(14-11-25)40-20-7-5-4-6-8-21-41-34(39)26-22-27(35)24-28(36)23-26/h10-19,22-24H,2-9,20-21,35-36H2,1H3/b19-12+. The molecule has 9 heteroatoms. The van der Waals surface area contributed by atoms with Crippen molar-refractivity contribution in [2.45, 2.75) is 58.3 Å². The van der Waals surface area contributed by atoms with Gasteiger partial charge in [0.05, 0.1) is 18.8 Å². The summed E-state index contributed by atoms with van der Waals surface area (Å²) in [7, 11) is 0. The van der Waals surface area contributed by atoms with Crippen LogP contribution in [-0.4, -0.2) is 31.1 Å². The normalized spacial score (nSPS) is 10.8. The highest BCUT2D eigenvalue weighted by Gasteiger charge is 2.09. The highest BCUT2D eigenvalue weighted by molar-refractivity contribution is 5.91. The van der Waals surface area contributed by atoms with Gasteiger partial charge in [-0.05, 0) is 85.5 Å². The molecule has 0 unspecified atom stereocenters. The smallest absolute Gasteiger partial charge is 0.338 e. The van der Waals surface area contributed by atoms with E-state index in [1.807, 2.05) is 31.2 Å². The number of esters is 3. The van der Waals surface area contributed by atoms with Crippen molar-refractivity contribution in [3.8, 4) is 17.2 Å². The predicted octanol–water partition coefficient (Wildman–Crippen LogP) is 6.75. The minimum absolute atomic E-state index is 0.280. The molecule has 0 fully saturated rings.